The Morgan fingerprint density at radius 3 is 2.67 bits per heavy atom. The number of fused-ring (bicyclic) bond motifs is 1. The van der Waals surface area contributed by atoms with Crippen molar-refractivity contribution in [2.24, 2.45) is 0 Å². The van der Waals surface area contributed by atoms with Gasteiger partial charge < -0.3 is 24.8 Å². The summed E-state index contributed by atoms with van der Waals surface area (Å²) in [7, 11) is 2.99. The van der Waals surface area contributed by atoms with Crippen LogP contribution < -0.4 is 25.0 Å². The maximum absolute atomic E-state index is 14.9. The Balaban J connectivity index is 1.57. The van der Waals surface area contributed by atoms with Crippen LogP contribution in [-0.4, -0.2) is 56.9 Å². The molecule has 1 fully saturated rings. The molecule has 1 heterocycles. The van der Waals surface area contributed by atoms with Crippen LogP contribution in [0.3, 0.4) is 0 Å². The van der Waals surface area contributed by atoms with E-state index in [1.807, 2.05) is 6.92 Å². The summed E-state index contributed by atoms with van der Waals surface area (Å²) in [5.41, 5.74) is 0.990. The van der Waals surface area contributed by atoms with E-state index in [4.69, 9.17) is 14.2 Å². The van der Waals surface area contributed by atoms with Crippen molar-refractivity contribution in [1.82, 2.24) is 15.6 Å². The number of carbonyl (C=O) groups is 2. The minimum absolute atomic E-state index is 0.135. The average molecular weight is 497 g/mol. The molecule has 36 heavy (non-hydrogen) atoms. The molecule has 0 radical (unpaired) electrons. The van der Waals surface area contributed by atoms with Crippen molar-refractivity contribution in [3.8, 4) is 17.2 Å². The smallest absolute Gasteiger partial charge is 0.321 e. The van der Waals surface area contributed by atoms with Crippen LogP contribution in [-0.2, 0) is 4.74 Å². The SMILES string of the molecule is CCOCCNC(=O)c1cc2c(Oc3ccc(N(C)C(=O)NC4CC4)c(F)c3)ccnc2cc1OC. The Kier molecular flexibility index (Phi) is 7.84. The second-order valence-corrected chi connectivity index (χ2v) is 8.33. The number of hydrogen-bond acceptors (Lipinski definition) is 6. The number of aromatic nitrogens is 1. The highest BCUT2D eigenvalue weighted by Gasteiger charge is 2.26. The van der Waals surface area contributed by atoms with Crippen LogP contribution in [0.1, 0.15) is 30.1 Å². The number of carbonyl (C=O) groups excluding carboxylic acids is 2. The summed E-state index contributed by atoms with van der Waals surface area (Å²) in [5.74, 6) is 0.0572. The molecule has 3 aromatic rings. The first-order valence-corrected chi connectivity index (χ1v) is 11.8. The first kappa shape index (κ1) is 25.2. The van der Waals surface area contributed by atoms with Crippen molar-refractivity contribution in [2.45, 2.75) is 25.8 Å². The number of methoxy groups -OCH3 is 1. The van der Waals surface area contributed by atoms with Crippen molar-refractivity contribution in [2.75, 3.05) is 38.8 Å². The maximum Gasteiger partial charge on any atom is 0.321 e. The summed E-state index contributed by atoms with van der Waals surface area (Å²) in [5, 5.41) is 6.18. The van der Waals surface area contributed by atoms with Gasteiger partial charge in [0.05, 0.1) is 30.5 Å². The third-order valence-electron chi connectivity index (χ3n) is 5.72. The fourth-order valence-corrected chi connectivity index (χ4v) is 3.62. The van der Waals surface area contributed by atoms with Crippen LogP contribution >= 0.6 is 0 Å². The van der Waals surface area contributed by atoms with Gasteiger partial charge in [-0.1, -0.05) is 0 Å². The first-order valence-electron chi connectivity index (χ1n) is 11.8. The molecular weight excluding hydrogens is 467 g/mol. The number of ether oxygens (including phenoxy) is 3. The molecule has 0 saturated heterocycles. The van der Waals surface area contributed by atoms with Gasteiger partial charge in [0.2, 0.25) is 0 Å². The molecule has 2 N–H and O–H groups in total. The average Bonchev–Trinajstić information content (AvgIpc) is 3.69. The van der Waals surface area contributed by atoms with Crippen molar-refractivity contribution in [3.63, 3.8) is 0 Å². The molecule has 3 amide bonds. The van der Waals surface area contributed by atoms with Gasteiger partial charge in [0, 0.05) is 50.0 Å². The Labute approximate surface area is 208 Å². The number of benzene rings is 2. The predicted molar refractivity (Wildman–Crippen MR) is 134 cm³/mol. The number of hydrogen-bond donors (Lipinski definition) is 2. The Morgan fingerprint density at radius 2 is 1.97 bits per heavy atom. The minimum atomic E-state index is -0.602. The van der Waals surface area contributed by atoms with Gasteiger partial charge in [-0.05, 0) is 44.0 Å². The lowest BCUT2D eigenvalue weighted by atomic mass is 10.1. The summed E-state index contributed by atoms with van der Waals surface area (Å²) in [6.07, 6.45) is 3.44. The molecular formula is C26H29FN4O5. The fraction of sp³-hybridized carbons (Fsp3) is 0.346. The van der Waals surface area contributed by atoms with Crippen LogP contribution in [0.15, 0.2) is 42.6 Å². The normalized spacial score (nSPS) is 12.8. The third kappa shape index (κ3) is 5.83. The predicted octanol–water partition coefficient (Wildman–Crippen LogP) is 4.25. The quantitative estimate of drug-likeness (QED) is 0.407. The van der Waals surface area contributed by atoms with E-state index >= 15 is 0 Å². The van der Waals surface area contributed by atoms with Gasteiger partial charge in [-0.2, -0.15) is 0 Å². The molecule has 0 aliphatic heterocycles. The lowest BCUT2D eigenvalue weighted by molar-refractivity contribution is 0.0920. The summed E-state index contributed by atoms with van der Waals surface area (Å²) in [6, 6.07) is 9.01. The van der Waals surface area contributed by atoms with Crippen LogP contribution in [0.5, 0.6) is 17.2 Å². The fourth-order valence-electron chi connectivity index (χ4n) is 3.62. The number of amides is 3. The van der Waals surface area contributed by atoms with Gasteiger partial charge in [0.1, 0.15) is 17.2 Å². The number of urea groups is 1. The van der Waals surface area contributed by atoms with E-state index in [1.54, 1.807) is 30.5 Å². The highest BCUT2D eigenvalue weighted by atomic mass is 19.1. The molecule has 2 aromatic carbocycles. The molecule has 0 spiro atoms. The Bertz CT molecular complexity index is 1260. The van der Waals surface area contributed by atoms with E-state index < -0.39 is 5.82 Å². The minimum Gasteiger partial charge on any atom is -0.496 e. The number of nitrogens with zero attached hydrogens (tertiary/aromatic N) is 2. The molecule has 190 valence electrons. The largest absolute Gasteiger partial charge is 0.496 e. The van der Waals surface area contributed by atoms with Gasteiger partial charge in [0.25, 0.3) is 5.91 Å². The van der Waals surface area contributed by atoms with E-state index in [0.717, 1.165) is 12.8 Å². The number of halogens is 1. The molecule has 0 atom stereocenters. The van der Waals surface area contributed by atoms with Crippen molar-refractivity contribution in [1.29, 1.82) is 0 Å². The van der Waals surface area contributed by atoms with Crippen LogP contribution in [0, 0.1) is 5.82 Å². The number of anilines is 1. The van der Waals surface area contributed by atoms with Gasteiger partial charge in [-0.15, -0.1) is 0 Å². The van der Waals surface area contributed by atoms with E-state index in [9.17, 15) is 14.0 Å². The molecule has 0 unspecified atom stereocenters. The molecule has 1 aromatic heterocycles. The summed E-state index contributed by atoms with van der Waals surface area (Å²) in [4.78, 5) is 30.6. The van der Waals surface area contributed by atoms with Crippen molar-refractivity contribution < 1.29 is 28.2 Å². The topological polar surface area (TPSA) is 102 Å². The second kappa shape index (κ2) is 11.2. The summed E-state index contributed by atoms with van der Waals surface area (Å²) < 4.78 is 31.5. The lowest BCUT2D eigenvalue weighted by Crippen LogP contribution is -2.38. The van der Waals surface area contributed by atoms with E-state index in [2.05, 4.69) is 15.6 Å². The number of nitrogens with one attached hydrogen (secondary N) is 2. The number of rotatable bonds is 10. The van der Waals surface area contributed by atoms with Crippen LogP contribution in [0.2, 0.25) is 0 Å². The van der Waals surface area contributed by atoms with Gasteiger partial charge >= 0.3 is 6.03 Å². The highest BCUT2D eigenvalue weighted by Crippen LogP contribution is 2.34. The molecule has 4 rings (SSSR count). The molecule has 1 saturated carbocycles. The molecule has 1 aliphatic rings. The zero-order chi connectivity index (χ0) is 25.7. The zero-order valence-corrected chi connectivity index (χ0v) is 20.5. The van der Waals surface area contributed by atoms with Gasteiger partial charge in [-0.25, -0.2) is 9.18 Å². The highest BCUT2D eigenvalue weighted by molar-refractivity contribution is 6.02. The van der Waals surface area contributed by atoms with E-state index in [-0.39, 0.29) is 29.4 Å². The van der Waals surface area contributed by atoms with Crippen molar-refractivity contribution in [3.05, 3.63) is 54.0 Å². The second-order valence-electron chi connectivity index (χ2n) is 8.33. The number of pyridine rings is 1. The van der Waals surface area contributed by atoms with Crippen LogP contribution in [0.25, 0.3) is 10.9 Å². The Morgan fingerprint density at radius 1 is 1.17 bits per heavy atom. The third-order valence-corrected chi connectivity index (χ3v) is 5.72. The van der Waals surface area contributed by atoms with E-state index in [1.165, 1.54) is 31.2 Å². The summed E-state index contributed by atoms with van der Waals surface area (Å²) >= 11 is 0. The lowest BCUT2D eigenvalue weighted by Gasteiger charge is -2.19. The molecule has 1 aliphatic carbocycles. The van der Waals surface area contributed by atoms with Crippen LogP contribution in [0.4, 0.5) is 14.9 Å². The first-order chi connectivity index (χ1) is 17.4. The van der Waals surface area contributed by atoms with Crippen molar-refractivity contribution >= 4 is 28.5 Å². The monoisotopic (exact) mass is 496 g/mol. The van der Waals surface area contributed by atoms with E-state index in [0.29, 0.717) is 47.7 Å². The zero-order valence-electron chi connectivity index (χ0n) is 20.5. The van der Waals surface area contributed by atoms with Gasteiger partial charge in [0.15, 0.2) is 5.82 Å². The summed E-state index contributed by atoms with van der Waals surface area (Å²) in [6.45, 7) is 3.19. The molecule has 0 bridgehead atoms. The standard InChI is InChI=1S/C26H29FN4O5/c1-4-35-12-11-29-25(32)19-14-18-21(15-24(19)34-3)28-10-9-23(18)36-17-7-8-22(20(27)13-17)31(2)26(33)30-16-5-6-16/h7-10,13-16H,4-6,11-12H2,1-3H3,(H,29,32)(H,30,33). The molecule has 9 nitrogen and oxygen atoms in total. The molecule has 10 heteroatoms. The van der Waals surface area contributed by atoms with Gasteiger partial charge in [-0.3, -0.25) is 14.7 Å². The Hall–Kier alpha value is -3.92. The maximum atomic E-state index is 14.9.